The summed E-state index contributed by atoms with van der Waals surface area (Å²) >= 11 is 5.96. The number of rotatable bonds is 4. The number of carboxylic acid groups (broad SMARTS) is 1. The summed E-state index contributed by atoms with van der Waals surface area (Å²) in [6, 6.07) is 14.7. The maximum Gasteiger partial charge on any atom is 0.337 e. The number of nitrogens with zero attached hydrogens (tertiary/aromatic N) is 1. The summed E-state index contributed by atoms with van der Waals surface area (Å²) in [5.41, 5.74) is 0.257. The SMILES string of the molecule is COc1cc(NC(=O)c2ccc3cc(Cl)ccc3c2)c(C(=O)O)cc1C#N. The topological polar surface area (TPSA) is 99.4 Å². The molecule has 7 heteroatoms. The van der Waals surface area contributed by atoms with Crippen LogP contribution >= 0.6 is 11.6 Å². The van der Waals surface area contributed by atoms with Crippen molar-refractivity contribution in [3.63, 3.8) is 0 Å². The summed E-state index contributed by atoms with van der Waals surface area (Å²) in [7, 11) is 1.36. The first-order chi connectivity index (χ1) is 12.9. The van der Waals surface area contributed by atoms with Crippen LogP contribution in [0.5, 0.6) is 5.75 Å². The first-order valence-electron chi connectivity index (χ1n) is 7.79. The molecule has 0 aromatic heterocycles. The molecule has 0 saturated heterocycles. The van der Waals surface area contributed by atoms with Crippen LogP contribution in [0.25, 0.3) is 10.8 Å². The average Bonchev–Trinajstić information content (AvgIpc) is 2.66. The number of aromatic carboxylic acids is 1. The number of carbonyl (C=O) groups is 2. The molecule has 0 aliphatic rings. The van der Waals surface area contributed by atoms with E-state index in [0.29, 0.717) is 10.6 Å². The lowest BCUT2D eigenvalue weighted by Gasteiger charge is -2.12. The Balaban J connectivity index is 1.99. The first kappa shape index (κ1) is 18.2. The van der Waals surface area contributed by atoms with E-state index >= 15 is 0 Å². The smallest absolute Gasteiger partial charge is 0.337 e. The summed E-state index contributed by atoms with van der Waals surface area (Å²) < 4.78 is 5.09. The van der Waals surface area contributed by atoms with Gasteiger partial charge >= 0.3 is 5.97 Å². The number of halogens is 1. The number of fused-ring (bicyclic) bond motifs is 1. The molecule has 3 rings (SSSR count). The van der Waals surface area contributed by atoms with Gasteiger partial charge in [0.2, 0.25) is 0 Å². The Hall–Kier alpha value is -3.56. The number of amides is 1. The van der Waals surface area contributed by atoms with Crippen LogP contribution in [-0.4, -0.2) is 24.1 Å². The van der Waals surface area contributed by atoms with Gasteiger partial charge in [-0.15, -0.1) is 0 Å². The maximum atomic E-state index is 12.6. The van der Waals surface area contributed by atoms with Crippen LogP contribution in [0.1, 0.15) is 26.3 Å². The molecule has 134 valence electrons. The molecule has 3 aromatic carbocycles. The molecule has 0 aliphatic carbocycles. The number of anilines is 1. The molecule has 3 aromatic rings. The summed E-state index contributed by atoms with van der Waals surface area (Å²) in [4.78, 5) is 24.1. The van der Waals surface area contributed by atoms with Gasteiger partial charge in [-0.2, -0.15) is 5.26 Å². The lowest BCUT2D eigenvalue weighted by Crippen LogP contribution is -2.15. The van der Waals surface area contributed by atoms with Crippen LogP contribution in [0.15, 0.2) is 48.5 Å². The highest BCUT2D eigenvalue weighted by atomic mass is 35.5. The Bertz CT molecular complexity index is 1120. The zero-order valence-electron chi connectivity index (χ0n) is 14.1. The largest absolute Gasteiger partial charge is 0.495 e. The van der Waals surface area contributed by atoms with E-state index in [1.165, 1.54) is 19.2 Å². The number of hydrogen-bond donors (Lipinski definition) is 2. The molecule has 0 radical (unpaired) electrons. The molecular weight excluding hydrogens is 368 g/mol. The molecule has 0 heterocycles. The molecule has 1 amide bonds. The van der Waals surface area contributed by atoms with Gasteiger partial charge in [-0.3, -0.25) is 4.79 Å². The minimum Gasteiger partial charge on any atom is -0.495 e. The van der Waals surface area contributed by atoms with Crippen LogP contribution in [0.4, 0.5) is 5.69 Å². The van der Waals surface area contributed by atoms with E-state index in [9.17, 15) is 14.7 Å². The zero-order valence-corrected chi connectivity index (χ0v) is 14.9. The van der Waals surface area contributed by atoms with E-state index in [2.05, 4.69) is 5.32 Å². The molecule has 0 atom stereocenters. The van der Waals surface area contributed by atoms with Crippen LogP contribution in [0.2, 0.25) is 5.02 Å². The van der Waals surface area contributed by atoms with Gasteiger partial charge in [-0.25, -0.2) is 4.79 Å². The van der Waals surface area contributed by atoms with Crippen LogP contribution in [-0.2, 0) is 0 Å². The summed E-state index contributed by atoms with van der Waals surface area (Å²) in [6.45, 7) is 0. The van der Waals surface area contributed by atoms with Crippen molar-refractivity contribution in [2.45, 2.75) is 0 Å². The maximum absolute atomic E-state index is 12.6. The zero-order chi connectivity index (χ0) is 19.6. The van der Waals surface area contributed by atoms with Gasteiger partial charge in [0.15, 0.2) is 0 Å². The molecular formula is C20H13ClN2O4. The van der Waals surface area contributed by atoms with Crippen molar-refractivity contribution in [1.82, 2.24) is 0 Å². The molecule has 6 nitrogen and oxygen atoms in total. The monoisotopic (exact) mass is 380 g/mol. The Kier molecular flexibility index (Phi) is 4.97. The Morgan fingerprint density at radius 3 is 2.48 bits per heavy atom. The fourth-order valence-electron chi connectivity index (χ4n) is 2.67. The highest BCUT2D eigenvalue weighted by molar-refractivity contribution is 6.31. The van der Waals surface area contributed by atoms with Crippen molar-refractivity contribution in [3.05, 3.63) is 70.2 Å². The number of carbonyl (C=O) groups excluding carboxylic acids is 1. The van der Waals surface area contributed by atoms with Gasteiger partial charge in [0.1, 0.15) is 11.8 Å². The van der Waals surface area contributed by atoms with E-state index < -0.39 is 11.9 Å². The Labute approximate surface area is 159 Å². The van der Waals surface area contributed by atoms with Crippen molar-refractivity contribution in [2.24, 2.45) is 0 Å². The van der Waals surface area contributed by atoms with E-state index in [-0.39, 0.29) is 22.6 Å². The number of ether oxygens (including phenoxy) is 1. The van der Waals surface area contributed by atoms with Gasteiger partial charge in [-0.05, 0) is 41.1 Å². The van der Waals surface area contributed by atoms with Gasteiger partial charge in [0.05, 0.1) is 23.9 Å². The molecule has 0 unspecified atom stereocenters. The van der Waals surface area contributed by atoms with Crippen molar-refractivity contribution in [2.75, 3.05) is 12.4 Å². The fourth-order valence-corrected chi connectivity index (χ4v) is 2.85. The van der Waals surface area contributed by atoms with Gasteiger partial charge in [0.25, 0.3) is 5.91 Å². The lowest BCUT2D eigenvalue weighted by molar-refractivity contribution is 0.0698. The fraction of sp³-hybridized carbons (Fsp3) is 0.0500. The first-order valence-corrected chi connectivity index (χ1v) is 8.17. The van der Waals surface area contributed by atoms with Crippen LogP contribution in [0.3, 0.4) is 0 Å². The van der Waals surface area contributed by atoms with E-state index in [1.54, 1.807) is 36.4 Å². The minimum atomic E-state index is -1.27. The highest BCUT2D eigenvalue weighted by Crippen LogP contribution is 2.28. The van der Waals surface area contributed by atoms with E-state index in [0.717, 1.165) is 10.8 Å². The number of hydrogen-bond acceptors (Lipinski definition) is 4. The third-order valence-electron chi connectivity index (χ3n) is 4.00. The molecule has 2 N–H and O–H groups in total. The molecule has 0 bridgehead atoms. The number of methoxy groups -OCH3 is 1. The van der Waals surface area contributed by atoms with Crippen LogP contribution < -0.4 is 10.1 Å². The molecule has 27 heavy (non-hydrogen) atoms. The molecule has 0 spiro atoms. The summed E-state index contributed by atoms with van der Waals surface area (Å²) in [6.07, 6.45) is 0. The van der Waals surface area contributed by atoms with Crippen molar-refractivity contribution < 1.29 is 19.4 Å². The third-order valence-corrected chi connectivity index (χ3v) is 4.24. The van der Waals surface area contributed by atoms with E-state index in [1.807, 2.05) is 6.07 Å². The van der Waals surface area contributed by atoms with Gasteiger partial charge in [0, 0.05) is 16.7 Å². The van der Waals surface area contributed by atoms with Crippen molar-refractivity contribution in [3.8, 4) is 11.8 Å². The van der Waals surface area contributed by atoms with Crippen molar-refractivity contribution >= 4 is 39.9 Å². The predicted octanol–water partition coefficient (Wildman–Crippen LogP) is 4.32. The molecule has 0 fully saturated rings. The van der Waals surface area contributed by atoms with Crippen molar-refractivity contribution in [1.29, 1.82) is 5.26 Å². The van der Waals surface area contributed by atoms with Gasteiger partial charge in [-0.1, -0.05) is 23.7 Å². The van der Waals surface area contributed by atoms with E-state index in [4.69, 9.17) is 21.6 Å². The number of carboxylic acids is 1. The highest BCUT2D eigenvalue weighted by Gasteiger charge is 2.18. The van der Waals surface area contributed by atoms with Crippen LogP contribution in [0, 0.1) is 11.3 Å². The molecule has 0 aliphatic heterocycles. The second-order valence-corrected chi connectivity index (χ2v) is 6.11. The number of nitrogens with one attached hydrogen (secondary N) is 1. The third kappa shape index (κ3) is 3.68. The summed E-state index contributed by atoms with van der Waals surface area (Å²) in [5, 5.41) is 23.4. The Morgan fingerprint density at radius 1 is 1.11 bits per heavy atom. The number of nitriles is 1. The quantitative estimate of drug-likeness (QED) is 0.702. The average molecular weight is 381 g/mol. The lowest BCUT2D eigenvalue weighted by atomic mass is 10.1. The minimum absolute atomic E-state index is 0.0413. The molecule has 0 saturated carbocycles. The second-order valence-electron chi connectivity index (χ2n) is 5.68. The Morgan fingerprint density at radius 2 is 1.81 bits per heavy atom. The van der Waals surface area contributed by atoms with Gasteiger partial charge < -0.3 is 15.2 Å². The normalized spacial score (nSPS) is 10.3. The standard InChI is InChI=1S/C20H13ClN2O4/c1-27-18-9-17(16(20(25)26)8-14(18)10-22)23-19(24)13-3-2-12-7-15(21)5-4-11(12)6-13/h2-9H,1H3,(H,23,24)(H,25,26). The second kappa shape index (κ2) is 7.36. The number of benzene rings is 3. The predicted molar refractivity (Wildman–Crippen MR) is 102 cm³/mol. The summed E-state index contributed by atoms with van der Waals surface area (Å²) in [5.74, 6) is -1.58.